The fourth-order valence-electron chi connectivity index (χ4n) is 1.57. The van der Waals surface area contributed by atoms with Gasteiger partial charge in [0, 0.05) is 0 Å². The Morgan fingerprint density at radius 2 is 1.94 bits per heavy atom. The Morgan fingerprint density at radius 1 is 1.29 bits per heavy atom. The van der Waals surface area contributed by atoms with Crippen molar-refractivity contribution < 1.29 is 19.4 Å². The largest absolute Gasteiger partial charge is 0.481 e. The van der Waals surface area contributed by atoms with Gasteiger partial charge in [0.15, 0.2) is 0 Å². The van der Waals surface area contributed by atoms with Crippen LogP contribution in [0.2, 0.25) is 0 Å². The Hall–Kier alpha value is -1.84. The first-order chi connectivity index (χ1) is 8.13. The van der Waals surface area contributed by atoms with Gasteiger partial charge in [-0.25, -0.2) is 0 Å². The van der Waals surface area contributed by atoms with Gasteiger partial charge in [-0.2, -0.15) is 0 Å². The minimum Gasteiger partial charge on any atom is -0.481 e. The molecule has 0 saturated carbocycles. The van der Waals surface area contributed by atoms with E-state index in [9.17, 15) is 9.59 Å². The molecule has 1 aromatic rings. The van der Waals surface area contributed by atoms with E-state index in [0.29, 0.717) is 6.42 Å². The summed E-state index contributed by atoms with van der Waals surface area (Å²) in [6.45, 7) is 1.97. The molecule has 0 fully saturated rings. The lowest BCUT2D eigenvalue weighted by Crippen LogP contribution is -2.21. The Kier molecular flexibility index (Phi) is 5.20. The molecule has 1 aromatic carbocycles. The monoisotopic (exact) mass is 236 g/mol. The predicted molar refractivity (Wildman–Crippen MR) is 62.5 cm³/mol. The molecule has 0 aliphatic rings. The second kappa shape index (κ2) is 6.68. The van der Waals surface area contributed by atoms with E-state index in [4.69, 9.17) is 9.84 Å². The van der Waals surface area contributed by atoms with Crippen LogP contribution in [0, 0.1) is 5.92 Å². The van der Waals surface area contributed by atoms with Gasteiger partial charge in [-0.1, -0.05) is 30.3 Å². The lowest BCUT2D eigenvalue weighted by Gasteiger charge is -2.11. The van der Waals surface area contributed by atoms with Gasteiger partial charge in [0.2, 0.25) is 0 Å². The number of carboxylic acids is 1. The van der Waals surface area contributed by atoms with Crippen molar-refractivity contribution in [2.45, 2.75) is 19.8 Å². The van der Waals surface area contributed by atoms with Crippen molar-refractivity contribution in [3.63, 3.8) is 0 Å². The molecular formula is C13H16O4. The van der Waals surface area contributed by atoms with Crippen molar-refractivity contribution in [3.8, 4) is 0 Å². The summed E-state index contributed by atoms with van der Waals surface area (Å²) in [5, 5.41) is 9.04. The lowest BCUT2D eigenvalue weighted by atomic mass is 9.96. The summed E-state index contributed by atoms with van der Waals surface area (Å²) in [4.78, 5) is 22.3. The van der Waals surface area contributed by atoms with Gasteiger partial charge in [-0.3, -0.25) is 9.59 Å². The lowest BCUT2D eigenvalue weighted by molar-refractivity contribution is -0.151. The zero-order chi connectivity index (χ0) is 12.7. The van der Waals surface area contributed by atoms with Gasteiger partial charge in [0.1, 0.15) is 0 Å². The quantitative estimate of drug-likeness (QED) is 0.766. The maximum atomic E-state index is 11.3. The van der Waals surface area contributed by atoms with Gasteiger partial charge >= 0.3 is 11.9 Å². The average Bonchev–Trinajstić information content (AvgIpc) is 2.29. The van der Waals surface area contributed by atoms with Crippen LogP contribution in [0.3, 0.4) is 0 Å². The molecule has 1 N–H and O–H groups in total. The van der Waals surface area contributed by atoms with Gasteiger partial charge in [-0.15, -0.1) is 0 Å². The third kappa shape index (κ3) is 4.68. The number of rotatable bonds is 6. The standard InChI is InChI=1S/C13H16O4/c1-2-17-12(14)9-11(13(15)16)8-10-6-4-3-5-7-10/h3-7,11H,2,8-9H2,1H3,(H,15,16). The highest BCUT2D eigenvalue weighted by Crippen LogP contribution is 2.13. The summed E-state index contributed by atoms with van der Waals surface area (Å²) >= 11 is 0. The first kappa shape index (κ1) is 13.2. The molecule has 0 heterocycles. The first-order valence-electron chi connectivity index (χ1n) is 5.55. The topological polar surface area (TPSA) is 63.6 Å². The van der Waals surface area contributed by atoms with Gasteiger partial charge in [0.25, 0.3) is 0 Å². The zero-order valence-electron chi connectivity index (χ0n) is 9.76. The van der Waals surface area contributed by atoms with Gasteiger partial charge in [0.05, 0.1) is 18.9 Å². The Balaban J connectivity index is 2.61. The molecule has 0 bridgehead atoms. The normalized spacial score (nSPS) is 11.8. The van der Waals surface area contributed by atoms with Crippen LogP contribution in [0.1, 0.15) is 18.9 Å². The summed E-state index contributed by atoms with van der Waals surface area (Å²) in [7, 11) is 0. The molecule has 0 aromatic heterocycles. The Bertz CT molecular complexity index is 372. The number of ether oxygens (including phenoxy) is 1. The summed E-state index contributed by atoms with van der Waals surface area (Å²) in [5.74, 6) is -2.16. The van der Waals surface area contributed by atoms with Gasteiger partial charge < -0.3 is 9.84 Å². The van der Waals surface area contributed by atoms with Gasteiger partial charge in [-0.05, 0) is 18.9 Å². The fourth-order valence-corrected chi connectivity index (χ4v) is 1.57. The van der Waals surface area contributed by atoms with Crippen molar-refractivity contribution >= 4 is 11.9 Å². The van der Waals surface area contributed by atoms with E-state index in [0.717, 1.165) is 5.56 Å². The van der Waals surface area contributed by atoms with Crippen molar-refractivity contribution in [2.24, 2.45) is 5.92 Å². The summed E-state index contributed by atoms with van der Waals surface area (Å²) < 4.78 is 4.76. The third-order valence-corrected chi connectivity index (χ3v) is 2.39. The molecule has 0 spiro atoms. The Labute approximate surface area is 100 Å². The summed E-state index contributed by atoms with van der Waals surface area (Å²) in [5.41, 5.74) is 0.907. The molecule has 0 saturated heterocycles. The summed E-state index contributed by atoms with van der Waals surface area (Å²) in [6.07, 6.45) is 0.257. The van der Waals surface area contributed by atoms with E-state index < -0.39 is 17.9 Å². The van der Waals surface area contributed by atoms with Crippen molar-refractivity contribution in [1.82, 2.24) is 0 Å². The molecule has 4 nitrogen and oxygen atoms in total. The van der Waals surface area contributed by atoms with Crippen LogP contribution in [0.15, 0.2) is 30.3 Å². The van der Waals surface area contributed by atoms with Crippen LogP contribution < -0.4 is 0 Å². The SMILES string of the molecule is CCOC(=O)CC(Cc1ccccc1)C(=O)O. The Morgan fingerprint density at radius 3 is 2.47 bits per heavy atom. The summed E-state index contributed by atoms with van der Waals surface area (Å²) in [6, 6.07) is 9.25. The zero-order valence-corrected chi connectivity index (χ0v) is 9.76. The van der Waals surface area contributed by atoms with Crippen molar-refractivity contribution in [3.05, 3.63) is 35.9 Å². The van der Waals surface area contributed by atoms with Crippen LogP contribution in [0.4, 0.5) is 0 Å². The molecule has 1 rings (SSSR count). The van der Waals surface area contributed by atoms with Crippen molar-refractivity contribution in [1.29, 1.82) is 0 Å². The van der Waals surface area contributed by atoms with E-state index in [1.807, 2.05) is 30.3 Å². The van der Waals surface area contributed by atoms with E-state index in [-0.39, 0.29) is 13.0 Å². The number of benzene rings is 1. The molecule has 4 heteroatoms. The molecule has 92 valence electrons. The maximum Gasteiger partial charge on any atom is 0.307 e. The highest BCUT2D eigenvalue weighted by Gasteiger charge is 2.22. The number of carboxylic acid groups (broad SMARTS) is 1. The molecule has 0 aliphatic carbocycles. The van der Waals surface area contributed by atoms with Crippen LogP contribution >= 0.6 is 0 Å². The van der Waals surface area contributed by atoms with Crippen LogP contribution in [0.25, 0.3) is 0 Å². The number of esters is 1. The predicted octanol–water partition coefficient (Wildman–Crippen LogP) is 1.88. The number of carbonyl (C=O) groups excluding carboxylic acids is 1. The maximum absolute atomic E-state index is 11.3. The molecular weight excluding hydrogens is 220 g/mol. The van der Waals surface area contributed by atoms with E-state index in [1.165, 1.54) is 0 Å². The number of aliphatic carboxylic acids is 1. The minimum absolute atomic E-state index is 0.0853. The smallest absolute Gasteiger partial charge is 0.307 e. The number of carbonyl (C=O) groups is 2. The highest BCUT2D eigenvalue weighted by atomic mass is 16.5. The van der Waals surface area contributed by atoms with Crippen LogP contribution in [-0.2, 0) is 20.7 Å². The minimum atomic E-state index is -0.970. The third-order valence-electron chi connectivity index (χ3n) is 2.39. The molecule has 1 unspecified atom stereocenters. The van der Waals surface area contributed by atoms with E-state index in [2.05, 4.69) is 0 Å². The van der Waals surface area contributed by atoms with Crippen molar-refractivity contribution in [2.75, 3.05) is 6.61 Å². The first-order valence-corrected chi connectivity index (χ1v) is 5.55. The molecule has 1 atom stereocenters. The molecule has 0 radical (unpaired) electrons. The van der Waals surface area contributed by atoms with E-state index in [1.54, 1.807) is 6.92 Å². The second-order valence-electron chi connectivity index (χ2n) is 3.73. The number of hydrogen-bond acceptors (Lipinski definition) is 3. The highest BCUT2D eigenvalue weighted by molar-refractivity contribution is 5.79. The molecule has 0 amide bonds. The number of hydrogen-bond donors (Lipinski definition) is 1. The van der Waals surface area contributed by atoms with Crippen LogP contribution in [0.5, 0.6) is 0 Å². The average molecular weight is 236 g/mol. The molecule has 0 aliphatic heterocycles. The second-order valence-corrected chi connectivity index (χ2v) is 3.73. The van der Waals surface area contributed by atoms with E-state index >= 15 is 0 Å². The molecule has 17 heavy (non-hydrogen) atoms. The fraction of sp³-hybridized carbons (Fsp3) is 0.385. The van der Waals surface area contributed by atoms with Crippen LogP contribution in [-0.4, -0.2) is 23.7 Å².